The van der Waals surface area contributed by atoms with Crippen LogP contribution in [0.2, 0.25) is 0 Å². The Hall–Kier alpha value is -1.55. The summed E-state index contributed by atoms with van der Waals surface area (Å²) in [4.78, 5) is 44.9. The third-order valence-corrected chi connectivity index (χ3v) is 12.8. The van der Waals surface area contributed by atoms with Gasteiger partial charge in [0.1, 0.15) is 24.5 Å². The number of likely N-dealkylation sites (tertiary alicyclic amines) is 2. The number of hydrogen-bond acceptors (Lipinski definition) is 9. The quantitative estimate of drug-likeness (QED) is 0.0338. The van der Waals surface area contributed by atoms with Gasteiger partial charge in [-0.05, 0) is 71.0 Å². The standard InChI is InChI=1S/C51H96N2O7/c1-5-9-13-17-20-24-32-45(31-23-16-12-8-4)50(55)60-47-43-48(51(56)59-42-39-52-36-27-28-37-52)53(44-47)38-26-25-33-46(54)34-35-49(57-40-29-21-18-14-10-6-2)58-41-30-22-19-15-11-7-3/h45,47-49H,5-44H2,1-4H3. The molecule has 2 aliphatic heterocycles. The molecular weight excluding hydrogens is 753 g/mol. The normalized spacial score (nSPS) is 17.8. The second kappa shape index (κ2) is 38.0. The number of ether oxygens (including phenoxy) is 4. The molecule has 9 nitrogen and oxygen atoms in total. The molecule has 0 aliphatic carbocycles. The Morgan fingerprint density at radius 2 is 1.07 bits per heavy atom. The van der Waals surface area contributed by atoms with Crippen molar-refractivity contribution in [3.63, 3.8) is 0 Å². The number of ketones is 1. The number of esters is 2. The van der Waals surface area contributed by atoms with Gasteiger partial charge in [-0.2, -0.15) is 0 Å². The molecule has 0 aromatic rings. The lowest BCUT2D eigenvalue weighted by Crippen LogP contribution is -2.39. The minimum Gasteiger partial charge on any atom is -0.463 e. The Balaban J connectivity index is 1.89. The van der Waals surface area contributed by atoms with Gasteiger partial charge in [0.25, 0.3) is 0 Å². The summed E-state index contributed by atoms with van der Waals surface area (Å²) in [5.74, 6) is -0.114. The summed E-state index contributed by atoms with van der Waals surface area (Å²) in [6, 6.07) is -0.424. The van der Waals surface area contributed by atoms with Crippen LogP contribution in [-0.2, 0) is 33.3 Å². The third-order valence-electron chi connectivity index (χ3n) is 12.8. The van der Waals surface area contributed by atoms with Crippen molar-refractivity contribution in [2.75, 3.05) is 52.5 Å². The van der Waals surface area contributed by atoms with Crippen molar-refractivity contribution in [3.05, 3.63) is 0 Å². The second-order valence-corrected chi connectivity index (χ2v) is 18.4. The fourth-order valence-corrected chi connectivity index (χ4v) is 8.90. The first-order valence-electron chi connectivity index (χ1n) is 26.0. The molecule has 0 aromatic carbocycles. The van der Waals surface area contributed by atoms with Gasteiger partial charge in [0.15, 0.2) is 6.29 Å². The Bertz CT molecular complexity index is 1020. The molecule has 0 bridgehead atoms. The topological polar surface area (TPSA) is 94.6 Å². The lowest BCUT2D eigenvalue weighted by atomic mass is 9.94. The van der Waals surface area contributed by atoms with Gasteiger partial charge in [-0.3, -0.25) is 24.2 Å². The smallest absolute Gasteiger partial charge is 0.323 e. The molecule has 0 N–H and O–H groups in total. The van der Waals surface area contributed by atoms with Crippen molar-refractivity contribution < 1.29 is 33.3 Å². The maximum Gasteiger partial charge on any atom is 0.323 e. The van der Waals surface area contributed by atoms with E-state index in [0.717, 1.165) is 77.4 Å². The number of hydrogen-bond donors (Lipinski definition) is 0. The van der Waals surface area contributed by atoms with Gasteiger partial charge < -0.3 is 18.9 Å². The van der Waals surface area contributed by atoms with Crippen LogP contribution in [0, 0.1) is 5.92 Å². The predicted octanol–water partition coefficient (Wildman–Crippen LogP) is 12.5. The van der Waals surface area contributed by atoms with Gasteiger partial charge in [-0.25, -0.2) is 0 Å². The molecule has 0 radical (unpaired) electrons. The van der Waals surface area contributed by atoms with Crippen molar-refractivity contribution in [3.8, 4) is 0 Å². The van der Waals surface area contributed by atoms with Crippen molar-refractivity contribution in [2.45, 2.75) is 252 Å². The summed E-state index contributed by atoms with van der Waals surface area (Å²) < 4.78 is 24.5. The van der Waals surface area contributed by atoms with Crippen molar-refractivity contribution in [2.24, 2.45) is 5.92 Å². The minimum atomic E-state index is -0.424. The molecule has 352 valence electrons. The number of carbonyl (C=O) groups excluding carboxylic acids is 3. The third kappa shape index (κ3) is 27.5. The number of rotatable bonds is 42. The molecule has 2 heterocycles. The van der Waals surface area contributed by atoms with E-state index < -0.39 is 6.04 Å². The van der Waals surface area contributed by atoms with E-state index in [1.165, 1.54) is 122 Å². The molecule has 3 atom stereocenters. The van der Waals surface area contributed by atoms with Crippen LogP contribution >= 0.6 is 0 Å². The number of unbranched alkanes of at least 4 members (excludes halogenated alkanes) is 19. The van der Waals surface area contributed by atoms with Gasteiger partial charge >= 0.3 is 11.9 Å². The maximum absolute atomic E-state index is 13.7. The summed E-state index contributed by atoms with van der Waals surface area (Å²) in [6.45, 7) is 14.8. The van der Waals surface area contributed by atoms with E-state index in [0.29, 0.717) is 58.6 Å². The molecular formula is C51H96N2O7. The molecule has 0 saturated carbocycles. The average Bonchev–Trinajstić information content (AvgIpc) is 3.92. The summed E-state index contributed by atoms with van der Waals surface area (Å²) in [5.41, 5.74) is 0. The van der Waals surface area contributed by atoms with Crippen LogP contribution in [0.15, 0.2) is 0 Å². The Morgan fingerprint density at radius 1 is 0.550 bits per heavy atom. The number of nitrogens with zero attached hydrogens (tertiary/aromatic N) is 2. The van der Waals surface area contributed by atoms with Crippen LogP contribution in [0.4, 0.5) is 0 Å². The highest BCUT2D eigenvalue weighted by molar-refractivity contribution is 5.78. The highest BCUT2D eigenvalue weighted by Gasteiger charge is 2.40. The first kappa shape index (κ1) is 54.6. The molecule has 9 heteroatoms. The van der Waals surface area contributed by atoms with Gasteiger partial charge in [-0.1, -0.05) is 156 Å². The second-order valence-electron chi connectivity index (χ2n) is 18.4. The zero-order valence-corrected chi connectivity index (χ0v) is 39.8. The summed E-state index contributed by atoms with van der Waals surface area (Å²) in [5, 5.41) is 0. The van der Waals surface area contributed by atoms with Gasteiger partial charge in [0, 0.05) is 52.0 Å². The molecule has 2 fully saturated rings. The zero-order valence-electron chi connectivity index (χ0n) is 39.8. The van der Waals surface area contributed by atoms with Crippen molar-refractivity contribution in [1.29, 1.82) is 0 Å². The van der Waals surface area contributed by atoms with E-state index in [1.54, 1.807) is 0 Å². The molecule has 2 aliphatic rings. The Labute approximate surface area is 369 Å². The van der Waals surface area contributed by atoms with E-state index in [1.807, 2.05) is 0 Å². The van der Waals surface area contributed by atoms with E-state index in [2.05, 4.69) is 37.5 Å². The van der Waals surface area contributed by atoms with Crippen molar-refractivity contribution in [1.82, 2.24) is 9.80 Å². The van der Waals surface area contributed by atoms with Gasteiger partial charge in [0.05, 0.1) is 5.92 Å². The van der Waals surface area contributed by atoms with Crippen LogP contribution < -0.4 is 0 Å². The lowest BCUT2D eigenvalue weighted by Gasteiger charge is -2.23. The highest BCUT2D eigenvalue weighted by atomic mass is 16.7. The number of Topliss-reactive ketones (excluding diaryl/α,β-unsaturated/α-hetero) is 1. The molecule has 2 rings (SSSR count). The molecule has 2 saturated heterocycles. The van der Waals surface area contributed by atoms with Gasteiger partial charge in [-0.15, -0.1) is 0 Å². The molecule has 0 aromatic heterocycles. The van der Waals surface area contributed by atoms with E-state index in [4.69, 9.17) is 18.9 Å². The fraction of sp³-hybridized carbons (Fsp3) is 0.941. The predicted molar refractivity (Wildman–Crippen MR) is 247 cm³/mol. The van der Waals surface area contributed by atoms with E-state index in [-0.39, 0.29) is 36.0 Å². The first-order chi connectivity index (χ1) is 29.4. The molecule has 60 heavy (non-hydrogen) atoms. The monoisotopic (exact) mass is 849 g/mol. The highest BCUT2D eigenvalue weighted by Crippen LogP contribution is 2.27. The Kier molecular flexibility index (Phi) is 34.5. The van der Waals surface area contributed by atoms with Crippen LogP contribution in [-0.4, -0.2) is 98.5 Å². The largest absolute Gasteiger partial charge is 0.463 e. The van der Waals surface area contributed by atoms with Crippen LogP contribution in [0.1, 0.15) is 233 Å². The molecule has 0 amide bonds. The van der Waals surface area contributed by atoms with E-state index >= 15 is 0 Å². The lowest BCUT2D eigenvalue weighted by molar-refractivity contribution is -0.155. The van der Waals surface area contributed by atoms with Gasteiger partial charge in [0.2, 0.25) is 0 Å². The van der Waals surface area contributed by atoms with Crippen LogP contribution in [0.5, 0.6) is 0 Å². The maximum atomic E-state index is 13.7. The average molecular weight is 849 g/mol. The summed E-state index contributed by atoms with van der Waals surface area (Å²) >= 11 is 0. The van der Waals surface area contributed by atoms with Crippen LogP contribution in [0.25, 0.3) is 0 Å². The summed E-state index contributed by atoms with van der Waals surface area (Å²) in [6.07, 6.45) is 33.6. The summed E-state index contributed by atoms with van der Waals surface area (Å²) in [7, 11) is 0. The number of carbonyl (C=O) groups is 3. The zero-order chi connectivity index (χ0) is 43.3. The van der Waals surface area contributed by atoms with Crippen LogP contribution in [0.3, 0.4) is 0 Å². The fourth-order valence-electron chi connectivity index (χ4n) is 8.90. The minimum absolute atomic E-state index is 0.0690. The molecule has 3 unspecified atom stereocenters. The first-order valence-corrected chi connectivity index (χ1v) is 26.0. The molecule has 0 spiro atoms. The SMILES string of the molecule is CCCCCCCCOC(CCC(=O)CCCCN1CC(OC(=O)C(CCCCCC)CCCCCCCC)CC1C(=O)OCCN1CCCC1)OCCCCCCCC. The van der Waals surface area contributed by atoms with Crippen molar-refractivity contribution >= 4 is 17.7 Å². The van der Waals surface area contributed by atoms with E-state index in [9.17, 15) is 14.4 Å². The Morgan fingerprint density at radius 3 is 1.63 bits per heavy atom.